The molecule has 3 rings (SSSR count). The van der Waals surface area contributed by atoms with Gasteiger partial charge in [-0.1, -0.05) is 42.5 Å². The SMILES string of the molecule is CCn1c(=O)/c(=C\c2ccccc2[N+](=O)[O-])s/c1=C(/C#N)C(=O)c1ccccc1. The fraction of sp³-hybridized carbons (Fsp3) is 0.0952. The molecule has 3 aromatic rings. The molecule has 0 N–H and O–H groups in total. The van der Waals surface area contributed by atoms with E-state index in [1.165, 1.54) is 22.8 Å². The highest BCUT2D eigenvalue weighted by molar-refractivity contribution is 7.07. The van der Waals surface area contributed by atoms with Crippen LogP contribution in [0.25, 0.3) is 11.6 Å². The topological polar surface area (TPSA) is 106 Å². The number of aromatic nitrogens is 1. The Morgan fingerprint density at radius 3 is 2.48 bits per heavy atom. The summed E-state index contributed by atoms with van der Waals surface area (Å²) in [5, 5.41) is 20.9. The van der Waals surface area contributed by atoms with Crippen molar-refractivity contribution >= 4 is 34.5 Å². The molecular weight excluding hydrogens is 390 g/mol. The van der Waals surface area contributed by atoms with Gasteiger partial charge in [0.25, 0.3) is 11.2 Å². The monoisotopic (exact) mass is 405 g/mol. The molecule has 0 fully saturated rings. The van der Waals surface area contributed by atoms with Crippen molar-refractivity contribution in [2.75, 3.05) is 0 Å². The van der Waals surface area contributed by atoms with Crippen LogP contribution in [-0.2, 0) is 6.54 Å². The molecule has 0 saturated heterocycles. The van der Waals surface area contributed by atoms with Crippen LogP contribution in [0, 0.1) is 21.4 Å². The van der Waals surface area contributed by atoms with Crippen molar-refractivity contribution in [1.29, 1.82) is 5.26 Å². The highest BCUT2D eigenvalue weighted by Gasteiger charge is 2.17. The van der Waals surface area contributed by atoms with Crippen LogP contribution < -0.4 is 14.8 Å². The summed E-state index contributed by atoms with van der Waals surface area (Å²) in [6.45, 7) is 1.98. The van der Waals surface area contributed by atoms with E-state index in [1.54, 1.807) is 49.4 Å². The third-order valence-corrected chi connectivity index (χ3v) is 5.36. The maximum atomic E-state index is 12.8. The summed E-state index contributed by atoms with van der Waals surface area (Å²) < 4.78 is 1.79. The van der Waals surface area contributed by atoms with E-state index in [0.29, 0.717) is 5.56 Å². The first-order valence-corrected chi connectivity index (χ1v) is 9.48. The third-order valence-electron chi connectivity index (χ3n) is 4.23. The van der Waals surface area contributed by atoms with Gasteiger partial charge < -0.3 is 0 Å². The Morgan fingerprint density at radius 2 is 1.86 bits per heavy atom. The quantitative estimate of drug-likeness (QED) is 0.368. The minimum Gasteiger partial charge on any atom is -0.298 e. The van der Waals surface area contributed by atoms with Crippen molar-refractivity contribution in [3.8, 4) is 6.07 Å². The average Bonchev–Trinajstić information content (AvgIpc) is 3.04. The molecule has 0 aliphatic carbocycles. The summed E-state index contributed by atoms with van der Waals surface area (Å²) in [6.07, 6.45) is 1.42. The summed E-state index contributed by atoms with van der Waals surface area (Å²) in [6, 6.07) is 16.3. The smallest absolute Gasteiger partial charge is 0.276 e. The zero-order valence-corrected chi connectivity index (χ0v) is 16.2. The van der Waals surface area contributed by atoms with Crippen LogP contribution >= 0.6 is 11.3 Å². The Labute approximate surface area is 169 Å². The van der Waals surface area contributed by atoms with Gasteiger partial charge in [-0.15, -0.1) is 11.3 Å². The molecule has 0 radical (unpaired) electrons. The first-order valence-electron chi connectivity index (χ1n) is 8.66. The molecule has 0 spiro atoms. The van der Waals surface area contributed by atoms with E-state index in [0.717, 1.165) is 11.3 Å². The first kappa shape index (κ1) is 19.9. The van der Waals surface area contributed by atoms with Crippen molar-refractivity contribution in [2.45, 2.75) is 13.5 Å². The maximum Gasteiger partial charge on any atom is 0.276 e. The van der Waals surface area contributed by atoms with Crippen molar-refractivity contribution in [1.82, 2.24) is 4.57 Å². The van der Waals surface area contributed by atoms with Crippen LogP contribution in [-0.4, -0.2) is 15.3 Å². The Hall–Kier alpha value is -3.83. The summed E-state index contributed by atoms with van der Waals surface area (Å²) in [5.74, 6) is -0.478. The lowest BCUT2D eigenvalue weighted by atomic mass is 10.1. The van der Waals surface area contributed by atoms with Crippen LogP contribution in [0.2, 0.25) is 0 Å². The molecule has 29 heavy (non-hydrogen) atoms. The van der Waals surface area contributed by atoms with E-state index >= 15 is 0 Å². The van der Waals surface area contributed by atoms with Crippen LogP contribution in [0.15, 0.2) is 59.4 Å². The van der Waals surface area contributed by atoms with Gasteiger partial charge in [0.2, 0.25) is 5.78 Å². The highest BCUT2D eigenvalue weighted by Crippen LogP contribution is 2.18. The van der Waals surface area contributed by atoms with Gasteiger partial charge >= 0.3 is 0 Å². The number of nitro groups is 1. The second-order valence-corrected chi connectivity index (χ2v) is 6.99. The molecule has 0 bridgehead atoms. The van der Waals surface area contributed by atoms with Crippen LogP contribution in [0.4, 0.5) is 5.69 Å². The van der Waals surface area contributed by atoms with E-state index in [4.69, 9.17) is 0 Å². The molecule has 0 aliphatic heterocycles. The molecule has 1 aromatic heterocycles. The van der Waals surface area contributed by atoms with Gasteiger partial charge in [0.15, 0.2) is 0 Å². The lowest BCUT2D eigenvalue weighted by Crippen LogP contribution is -2.32. The molecule has 144 valence electrons. The standard InChI is InChI=1S/C21H15N3O4S/c1-2-23-20(26)18(12-15-10-6-7-11-17(15)24(27)28)29-21(23)16(13-22)19(25)14-8-4-3-5-9-14/h3-12H,2H2,1H3/b18-12+,21-16-. The normalized spacial score (nSPS) is 12.3. The van der Waals surface area contributed by atoms with E-state index < -0.39 is 16.3 Å². The zero-order valence-electron chi connectivity index (χ0n) is 15.4. The number of rotatable bonds is 5. The second-order valence-electron chi connectivity index (χ2n) is 5.96. The summed E-state index contributed by atoms with van der Waals surface area (Å²) in [4.78, 5) is 36.3. The fourth-order valence-electron chi connectivity index (χ4n) is 2.84. The predicted octanol–water partition coefficient (Wildman–Crippen LogP) is 2.22. The predicted molar refractivity (Wildman–Crippen MR) is 110 cm³/mol. The van der Waals surface area contributed by atoms with E-state index in [1.807, 2.05) is 6.07 Å². The van der Waals surface area contributed by atoms with Gasteiger partial charge in [0.1, 0.15) is 16.3 Å². The Kier molecular flexibility index (Phi) is 5.81. The molecule has 0 aliphatic rings. The number of carbonyl (C=O) groups is 1. The number of nitrogens with zero attached hydrogens (tertiary/aromatic N) is 3. The highest BCUT2D eigenvalue weighted by atomic mass is 32.1. The van der Waals surface area contributed by atoms with Gasteiger partial charge in [-0.2, -0.15) is 5.26 Å². The molecule has 0 amide bonds. The number of thiazole rings is 1. The Balaban J connectivity index is 2.30. The van der Waals surface area contributed by atoms with Crippen molar-refractivity contribution in [2.24, 2.45) is 0 Å². The molecule has 2 aromatic carbocycles. The van der Waals surface area contributed by atoms with E-state index in [2.05, 4.69) is 0 Å². The average molecular weight is 405 g/mol. The number of Topliss-reactive ketones (excluding diaryl/α,β-unsaturated/α-hetero) is 1. The van der Waals surface area contributed by atoms with Gasteiger partial charge in [0, 0.05) is 18.2 Å². The summed E-state index contributed by atoms with van der Waals surface area (Å²) in [5.41, 5.74) is -0.0494. The largest absolute Gasteiger partial charge is 0.298 e. The molecule has 7 nitrogen and oxygen atoms in total. The lowest BCUT2D eigenvalue weighted by Gasteiger charge is -2.00. The van der Waals surface area contributed by atoms with E-state index in [9.17, 15) is 25.0 Å². The van der Waals surface area contributed by atoms with Crippen molar-refractivity contribution in [3.63, 3.8) is 0 Å². The zero-order chi connectivity index (χ0) is 21.0. The molecule has 1 heterocycles. The van der Waals surface area contributed by atoms with Crippen LogP contribution in [0.1, 0.15) is 22.8 Å². The number of hydrogen-bond donors (Lipinski definition) is 0. The van der Waals surface area contributed by atoms with Crippen LogP contribution in [0.3, 0.4) is 0 Å². The molecule has 0 atom stereocenters. The van der Waals surface area contributed by atoms with Crippen molar-refractivity contribution in [3.05, 3.63) is 95.4 Å². The Morgan fingerprint density at radius 1 is 1.21 bits per heavy atom. The molecular formula is C21H15N3O4S. The second kappa shape index (κ2) is 8.46. The number of benzene rings is 2. The number of hydrogen-bond acceptors (Lipinski definition) is 6. The minimum absolute atomic E-state index is 0.130. The summed E-state index contributed by atoms with van der Waals surface area (Å²) in [7, 11) is 0. The third kappa shape index (κ3) is 3.90. The van der Waals surface area contributed by atoms with Gasteiger partial charge in [-0.05, 0) is 19.1 Å². The van der Waals surface area contributed by atoms with Gasteiger partial charge in [-0.3, -0.25) is 24.3 Å². The molecule has 0 saturated carbocycles. The van der Waals surface area contributed by atoms with E-state index in [-0.39, 0.29) is 32.6 Å². The van der Waals surface area contributed by atoms with Gasteiger partial charge in [0.05, 0.1) is 15.0 Å². The molecule has 8 heteroatoms. The lowest BCUT2D eigenvalue weighted by molar-refractivity contribution is -0.385. The number of ketones is 1. The number of para-hydroxylation sites is 1. The van der Waals surface area contributed by atoms with Crippen LogP contribution in [0.5, 0.6) is 0 Å². The fourth-order valence-corrected chi connectivity index (χ4v) is 3.99. The Bertz CT molecular complexity index is 1310. The maximum absolute atomic E-state index is 12.8. The summed E-state index contributed by atoms with van der Waals surface area (Å²) >= 11 is 0.974. The number of nitro benzene ring substituents is 1. The minimum atomic E-state index is -0.523. The number of carbonyl (C=O) groups excluding carboxylic acids is 1. The molecule has 0 unspecified atom stereocenters. The van der Waals surface area contributed by atoms with Gasteiger partial charge in [-0.25, -0.2) is 0 Å². The number of nitriles is 1. The van der Waals surface area contributed by atoms with Crippen molar-refractivity contribution < 1.29 is 9.72 Å². The first-order chi connectivity index (χ1) is 14.0.